The molecule has 1 heterocycles. The van der Waals surface area contributed by atoms with Crippen LogP contribution in [-0.2, 0) is 16.1 Å². The molecule has 1 atom stereocenters. The van der Waals surface area contributed by atoms with Crippen molar-refractivity contribution in [3.8, 4) is 5.75 Å². The molecule has 1 aromatic rings. The molecule has 1 aliphatic rings. The summed E-state index contributed by atoms with van der Waals surface area (Å²) in [5.74, 6) is 0.256. The lowest BCUT2D eigenvalue weighted by Crippen LogP contribution is -2.34. The van der Waals surface area contributed by atoms with Crippen LogP contribution in [0.5, 0.6) is 5.75 Å². The monoisotopic (exact) mass is 263 g/mol. The molecule has 0 aromatic heterocycles. The van der Waals surface area contributed by atoms with E-state index in [4.69, 9.17) is 4.74 Å². The first kappa shape index (κ1) is 13.4. The number of ether oxygens (including phenoxy) is 2. The van der Waals surface area contributed by atoms with Gasteiger partial charge < -0.3 is 14.4 Å². The Hall–Kier alpha value is -2.04. The van der Waals surface area contributed by atoms with Gasteiger partial charge in [0.15, 0.2) is 0 Å². The topological polar surface area (TPSA) is 55.8 Å². The fraction of sp³-hybridized carbons (Fsp3) is 0.429. The molecule has 0 N–H and O–H groups in total. The molecular weight excluding hydrogens is 246 g/mol. The van der Waals surface area contributed by atoms with Gasteiger partial charge in [0.2, 0.25) is 5.91 Å². The molecule has 0 spiro atoms. The number of carbonyl (C=O) groups excluding carboxylic acids is 2. The molecule has 0 fully saturated rings. The number of methoxy groups -OCH3 is 1. The first-order valence-electron chi connectivity index (χ1n) is 6.14. The second kappa shape index (κ2) is 5.30. The third-order valence-corrected chi connectivity index (χ3v) is 3.10. The lowest BCUT2D eigenvalue weighted by atomic mass is 10.1. The van der Waals surface area contributed by atoms with E-state index in [1.54, 1.807) is 30.0 Å². The summed E-state index contributed by atoms with van der Waals surface area (Å²) in [5.41, 5.74) is 1.34. The average molecular weight is 263 g/mol. The van der Waals surface area contributed by atoms with Gasteiger partial charge in [-0.2, -0.15) is 0 Å². The Labute approximate surface area is 112 Å². The zero-order valence-corrected chi connectivity index (χ0v) is 11.3. The fourth-order valence-electron chi connectivity index (χ4n) is 2.11. The van der Waals surface area contributed by atoms with Gasteiger partial charge in [-0.1, -0.05) is 6.07 Å². The van der Waals surface area contributed by atoms with Crippen molar-refractivity contribution >= 4 is 11.9 Å². The SMILES string of the molecule is COC(=O)c1ccc2c(c1)O[C@H](C)CN(C(C)=O)C2. The van der Waals surface area contributed by atoms with E-state index in [2.05, 4.69) is 4.74 Å². The second-order valence-corrected chi connectivity index (χ2v) is 4.64. The first-order valence-corrected chi connectivity index (χ1v) is 6.14. The summed E-state index contributed by atoms with van der Waals surface area (Å²) >= 11 is 0. The van der Waals surface area contributed by atoms with E-state index in [1.807, 2.05) is 6.92 Å². The van der Waals surface area contributed by atoms with E-state index in [0.717, 1.165) is 5.56 Å². The highest BCUT2D eigenvalue weighted by Gasteiger charge is 2.22. The number of rotatable bonds is 1. The zero-order chi connectivity index (χ0) is 14.0. The molecule has 2 rings (SSSR count). The summed E-state index contributed by atoms with van der Waals surface area (Å²) in [5, 5.41) is 0. The van der Waals surface area contributed by atoms with Crippen molar-refractivity contribution in [1.29, 1.82) is 0 Å². The number of hydrogen-bond acceptors (Lipinski definition) is 4. The molecule has 0 aliphatic carbocycles. The van der Waals surface area contributed by atoms with Crippen LogP contribution >= 0.6 is 0 Å². The Balaban J connectivity index is 2.35. The van der Waals surface area contributed by atoms with Crippen LogP contribution in [0.15, 0.2) is 18.2 Å². The van der Waals surface area contributed by atoms with Crippen molar-refractivity contribution < 1.29 is 19.1 Å². The van der Waals surface area contributed by atoms with Crippen molar-refractivity contribution in [2.45, 2.75) is 26.5 Å². The van der Waals surface area contributed by atoms with Crippen LogP contribution in [-0.4, -0.2) is 36.5 Å². The zero-order valence-electron chi connectivity index (χ0n) is 11.3. The van der Waals surface area contributed by atoms with Crippen LogP contribution in [0.25, 0.3) is 0 Å². The van der Waals surface area contributed by atoms with Gasteiger partial charge in [-0.05, 0) is 19.1 Å². The quantitative estimate of drug-likeness (QED) is 0.722. The minimum Gasteiger partial charge on any atom is -0.488 e. The van der Waals surface area contributed by atoms with Gasteiger partial charge in [-0.3, -0.25) is 4.79 Å². The summed E-state index contributed by atoms with van der Waals surface area (Å²) in [6.07, 6.45) is -0.113. The number of fused-ring (bicyclic) bond motifs is 1. The number of carbonyl (C=O) groups is 2. The molecule has 1 aromatic carbocycles. The Kier molecular flexibility index (Phi) is 3.74. The Bertz CT molecular complexity index is 512. The molecule has 0 bridgehead atoms. The van der Waals surface area contributed by atoms with Crippen molar-refractivity contribution in [3.63, 3.8) is 0 Å². The maximum absolute atomic E-state index is 11.5. The molecule has 19 heavy (non-hydrogen) atoms. The second-order valence-electron chi connectivity index (χ2n) is 4.64. The third kappa shape index (κ3) is 2.86. The summed E-state index contributed by atoms with van der Waals surface area (Å²) in [6, 6.07) is 5.15. The van der Waals surface area contributed by atoms with Crippen LogP contribution in [0.4, 0.5) is 0 Å². The van der Waals surface area contributed by atoms with Crippen LogP contribution in [0.1, 0.15) is 29.8 Å². The largest absolute Gasteiger partial charge is 0.488 e. The Morgan fingerprint density at radius 2 is 2.16 bits per heavy atom. The van der Waals surface area contributed by atoms with Gasteiger partial charge in [0.05, 0.1) is 19.2 Å². The first-order chi connectivity index (χ1) is 9.01. The minimum atomic E-state index is -0.397. The standard InChI is InChI=1S/C14H17NO4/c1-9-7-15(10(2)16)8-12-5-4-11(14(17)18-3)6-13(12)19-9/h4-6,9H,7-8H2,1-3H3/t9-/m1/s1. The van der Waals surface area contributed by atoms with E-state index >= 15 is 0 Å². The van der Waals surface area contributed by atoms with E-state index < -0.39 is 5.97 Å². The highest BCUT2D eigenvalue weighted by Crippen LogP contribution is 2.26. The van der Waals surface area contributed by atoms with Gasteiger partial charge in [0.1, 0.15) is 11.9 Å². The number of benzene rings is 1. The summed E-state index contributed by atoms with van der Waals surface area (Å²) in [4.78, 5) is 24.8. The molecule has 0 radical (unpaired) electrons. The summed E-state index contributed by atoms with van der Waals surface area (Å²) in [7, 11) is 1.34. The maximum Gasteiger partial charge on any atom is 0.337 e. The number of esters is 1. The van der Waals surface area contributed by atoms with E-state index in [1.165, 1.54) is 7.11 Å². The molecule has 5 heteroatoms. The van der Waals surface area contributed by atoms with Gasteiger partial charge in [0, 0.05) is 19.0 Å². The third-order valence-electron chi connectivity index (χ3n) is 3.10. The Morgan fingerprint density at radius 3 is 2.79 bits per heavy atom. The molecule has 0 saturated carbocycles. The predicted octanol–water partition coefficient (Wildman–Crippen LogP) is 1.60. The van der Waals surface area contributed by atoms with Crippen LogP contribution < -0.4 is 4.74 Å². The van der Waals surface area contributed by atoms with E-state index in [-0.39, 0.29) is 12.0 Å². The summed E-state index contributed by atoms with van der Waals surface area (Å²) in [6.45, 7) is 4.48. The minimum absolute atomic E-state index is 0.0142. The molecule has 0 unspecified atom stereocenters. The number of hydrogen-bond donors (Lipinski definition) is 0. The van der Waals surface area contributed by atoms with Gasteiger partial charge in [-0.25, -0.2) is 4.79 Å². The predicted molar refractivity (Wildman–Crippen MR) is 69.0 cm³/mol. The fourth-order valence-corrected chi connectivity index (χ4v) is 2.11. The van der Waals surface area contributed by atoms with Crippen LogP contribution in [0.2, 0.25) is 0 Å². The molecule has 1 amide bonds. The van der Waals surface area contributed by atoms with Gasteiger partial charge in [0.25, 0.3) is 0 Å². The van der Waals surface area contributed by atoms with Crippen molar-refractivity contribution in [2.75, 3.05) is 13.7 Å². The number of amides is 1. The van der Waals surface area contributed by atoms with Gasteiger partial charge >= 0.3 is 5.97 Å². The van der Waals surface area contributed by atoms with Crippen molar-refractivity contribution in [1.82, 2.24) is 4.90 Å². The van der Waals surface area contributed by atoms with E-state index in [9.17, 15) is 9.59 Å². The maximum atomic E-state index is 11.5. The molecule has 1 aliphatic heterocycles. The molecule has 102 valence electrons. The molecular formula is C14H17NO4. The van der Waals surface area contributed by atoms with Gasteiger partial charge in [-0.15, -0.1) is 0 Å². The summed E-state index contributed by atoms with van der Waals surface area (Å²) < 4.78 is 10.5. The average Bonchev–Trinajstić information content (AvgIpc) is 2.54. The number of nitrogens with zero attached hydrogens (tertiary/aromatic N) is 1. The molecule has 5 nitrogen and oxygen atoms in total. The Morgan fingerprint density at radius 1 is 1.42 bits per heavy atom. The van der Waals surface area contributed by atoms with Crippen LogP contribution in [0, 0.1) is 0 Å². The lowest BCUT2D eigenvalue weighted by molar-refractivity contribution is -0.130. The van der Waals surface area contributed by atoms with E-state index in [0.29, 0.717) is 24.4 Å². The van der Waals surface area contributed by atoms with Crippen LogP contribution in [0.3, 0.4) is 0 Å². The molecule has 0 saturated heterocycles. The van der Waals surface area contributed by atoms with Crippen molar-refractivity contribution in [3.05, 3.63) is 29.3 Å². The highest BCUT2D eigenvalue weighted by molar-refractivity contribution is 5.90. The van der Waals surface area contributed by atoms with Crippen molar-refractivity contribution in [2.24, 2.45) is 0 Å². The normalized spacial score (nSPS) is 18.1. The highest BCUT2D eigenvalue weighted by atomic mass is 16.5. The lowest BCUT2D eigenvalue weighted by Gasteiger charge is -2.20. The smallest absolute Gasteiger partial charge is 0.337 e.